The maximum Gasteiger partial charge on any atom is 0.312 e. The molecule has 4 bridgehead atoms. The second-order valence-corrected chi connectivity index (χ2v) is 12.2. The van der Waals surface area contributed by atoms with Gasteiger partial charge >= 0.3 is 5.97 Å². The van der Waals surface area contributed by atoms with Crippen LogP contribution in [0.15, 0.2) is 42.5 Å². The van der Waals surface area contributed by atoms with E-state index in [9.17, 15) is 9.59 Å². The Labute approximate surface area is 202 Å². The molecule has 0 aliphatic heterocycles. The first-order valence-corrected chi connectivity index (χ1v) is 12.8. The predicted octanol–water partition coefficient (Wildman–Crippen LogP) is 6.03. The highest BCUT2D eigenvalue weighted by Gasteiger charge is 2.60. The van der Waals surface area contributed by atoms with Gasteiger partial charge in [0.2, 0.25) is 0 Å². The van der Waals surface area contributed by atoms with E-state index in [0.29, 0.717) is 11.8 Å². The Hall–Kier alpha value is -2.34. The summed E-state index contributed by atoms with van der Waals surface area (Å²) in [5.41, 5.74) is 2.65. The molecule has 1 N–H and O–H groups in total. The lowest BCUT2D eigenvalue weighted by Crippen LogP contribution is -2.56. The van der Waals surface area contributed by atoms with Crippen LogP contribution in [-0.4, -0.2) is 27.4 Å². The molecule has 4 fully saturated rings. The zero-order chi connectivity index (χ0) is 22.8. The summed E-state index contributed by atoms with van der Waals surface area (Å²) in [4.78, 5) is 25.8. The molecule has 33 heavy (non-hydrogen) atoms. The van der Waals surface area contributed by atoms with E-state index in [1.165, 1.54) is 17.3 Å². The van der Waals surface area contributed by atoms with Crippen molar-refractivity contribution in [3.63, 3.8) is 0 Å². The van der Waals surface area contributed by atoms with Gasteiger partial charge in [-0.3, -0.25) is 9.59 Å². The normalized spacial score (nSPS) is 30.1. The molecule has 1 heterocycles. The first-order valence-electron chi connectivity index (χ1n) is 12.1. The molecule has 4 saturated carbocycles. The molecular weight excluding hydrogens is 480 g/mol. The third kappa shape index (κ3) is 3.49. The number of rotatable bonds is 5. The Morgan fingerprint density at radius 3 is 2.52 bits per heavy atom. The summed E-state index contributed by atoms with van der Waals surface area (Å²) < 4.78 is 7.98. The molecule has 5 nitrogen and oxygen atoms in total. The van der Waals surface area contributed by atoms with Crippen molar-refractivity contribution >= 4 is 55.3 Å². The van der Waals surface area contributed by atoms with E-state index in [2.05, 4.69) is 44.9 Å². The van der Waals surface area contributed by atoms with Crippen molar-refractivity contribution in [2.45, 2.75) is 56.3 Å². The van der Waals surface area contributed by atoms with Crippen LogP contribution in [0.3, 0.4) is 0 Å². The van der Waals surface area contributed by atoms with Gasteiger partial charge in [0.15, 0.2) is 6.61 Å². The topological polar surface area (TPSA) is 60.3 Å². The van der Waals surface area contributed by atoms with Gasteiger partial charge in [0.25, 0.3) is 5.91 Å². The minimum absolute atomic E-state index is 0.0887. The molecule has 3 aromatic rings. The number of hydrogen-bond donors (Lipinski definition) is 1. The molecular formula is C27H29BrN2O3. The first-order chi connectivity index (χ1) is 15.9. The van der Waals surface area contributed by atoms with Crippen molar-refractivity contribution < 1.29 is 14.3 Å². The van der Waals surface area contributed by atoms with Gasteiger partial charge in [-0.15, -0.1) is 0 Å². The number of nitrogens with one attached hydrogen (secondary N) is 1. The minimum atomic E-state index is -0.408. The van der Waals surface area contributed by atoms with E-state index in [-0.39, 0.29) is 22.8 Å². The van der Waals surface area contributed by atoms with Crippen molar-refractivity contribution in [3.05, 3.63) is 42.5 Å². The number of esters is 1. The number of nitrogens with zero attached hydrogens (tertiary/aromatic N) is 1. The summed E-state index contributed by atoms with van der Waals surface area (Å²) >= 11 is 3.94. The van der Waals surface area contributed by atoms with E-state index in [0.717, 1.165) is 55.2 Å². The summed E-state index contributed by atoms with van der Waals surface area (Å²) in [6, 6.07) is 14.3. The molecule has 7 rings (SSSR count). The van der Waals surface area contributed by atoms with E-state index >= 15 is 0 Å². The second kappa shape index (κ2) is 7.59. The zero-order valence-corrected chi connectivity index (χ0v) is 20.5. The van der Waals surface area contributed by atoms with Crippen LogP contribution < -0.4 is 5.32 Å². The first kappa shape index (κ1) is 21.2. The molecule has 4 aliphatic rings. The van der Waals surface area contributed by atoms with Gasteiger partial charge in [0.05, 0.1) is 5.41 Å². The quantitative estimate of drug-likeness (QED) is 0.338. The van der Waals surface area contributed by atoms with Crippen molar-refractivity contribution in [3.8, 4) is 0 Å². The molecule has 4 atom stereocenters. The van der Waals surface area contributed by atoms with Crippen LogP contribution >= 0.6 is 15.9 Å². The average Bonchev–Trinajstić information content (AvgIpc) is 3.09. The number of carbonyl (C=O) groups is 2. The summed E-state index contributed by atoms with van der Waals surface area (Å²) in [6.07, 6.45) is 6.22. The Morgan fingerprint density at radius 1 is 1.06 bits per heavy atom. The summed E-state index contributed by atoms with van der Waals surface area (Å²) in [5, 5.41) is 5.21. The summed E-state index contributed by atoms with van der Waals surface area (Å²) in [5.74, 6) is 0.727. The lowest BCUT2D eigenvalue weighted by Gasteiger charge is -2.58. The molecule has 0 saturated heterocycles. The van der Waals surface area contributed by atoms with Gasteiger partial charge in [-0.25, -0.2) is 0 Å². The Kier molecular flexibility index (Phi) is 4.88. The molecule has 0 spiro atoms. The van der Waals surface area contributed by atoms with Gasteiger partial charge in [0.1, 0.15) is 0 Å². The van der Waals surface area contributed by atoms with Crippen molar-refractivity contribution in [2.75, 3.05) is 11.9 Å². The van der Waals surface area contributed by atoms with Crippen molar-refractivity contribution in [1.82, 2.24) is 4.57 Å². The number of benzene rings is 2. The van der Waals surface area contributed by atoms with E-state index in [1.54, 1.807) is 0 Å². The SMILES string of the molecule is CCn1c2ccccc2c2cc(NC(=O)COC(=O)C34C[C@@H]5C[C@@H](CC(Br)(C5)C3)C4)ccc21. The fourth-order valence-corrected chi connectivity index (χ4v) is 8.80. The monoisotopic (exact) mass is 508 g/mol. The standard InChI is InChI=1S/C27H29BrN2O3/c1-2-30-22-6-4-3-5-20(22)21-10-19(7-8-23(21)30)29-24(31)15-33-25(32)26-11-17-9-18(12-26)14-27(28,13-17)16-26/h3-8,10,17-18H,2,9,11-16H2,1H3,(H,29,31)/t17-,18+,26?,27?. The highest BCUT2D eigenvalue weighted by molar-refractivity contribution is 9.10. The highest BCUT2D eigenvalue weighted by atomic mass is 79.9. The van der Waals surface area contributed by atoms with E-state index < -0.39 is 5.41 Å². The molecule has 172 valence electrons. The summed E-state index contributed by atoms with van der Waals surface area (Å²) in [6.45, 7) is 2.78. The number of hydrogen-bond acceptors (Lipinski definition) is 3. The zero-order valence-electron chi connectivity index (χ0n) is 18.9. The fraction of sp³-hybridized carbons (Fsp3) is 0.481. The van der Waals surface area contributed by atoms with E-state index in [4.69, 9.17) is 4.74 Å². The van der Waals surface area contributed by atoms with Crippen LogP contribution in [-0.2, 0) is 20.9 Å². The number of fused-ring (bicyclic) bond motifs is 3. The Balaban J connectivity index is 1.16. The fourth-order valence-electron chi connectivity index (χ4n) is 7.34. The number of aromatic nitrogens is 1. The van der Waals surface area contributed by atoms with E-state index in [1.807, 2.05) is 30.3 Å². The molecule has 4 aliphatic carbocycles. The largest absolute Gasteiger partial charge is 0.455 e. The maximum atomic E-state index is 13.1. The number of anilines is 1. The predicted molar refractivity (Wildman–Crippen MR) is 133 cm³/mol. The number of halogens is 1. The third-order valence-electron chi connectivity index (χ3n) is 8.13. The number of para-hydroxylation sites is 1. The molecule has 6 heteroatoms. The van der Waals surface area contributed by atoms with Crippen LogP contribution in [0, 0.1) is 17.3 Å². The second-order valence-electron chi connectivity index (χ2n) is 10.5. The molecule has 2 unspecified atom stereocenters. The number of aryl methyl sites for hydroxylation is 1. The smallest absolute Gasteiger partial charge is 0.312 e. The highest BCUT2D eigenvalue weighted by Crippen LogP contribution is 2.64. The van der Waals surface area contributed by atoms with Crippen molar-refractivity contribution in [1.29, 1.82) is 0 Å². The van der Waals surface area contributed by atoms with Crippen LogP contribution in [0.25, 0.3) is 21.8 Å². The third-order valence-corrected chi connectivity index (χ3v) is 9.06. The summed E-state index contributed by atoms with van der Waals surface area (Å²) in [7, 11) is 0. The number of alkyl halides is 1. The number of amides is 1. The van der Waals surface area contributed by atoms with Crippen LogP contribution in [0.5, 0.6) is 0 Å². The van der Waals surface area contributed by atoms with Crippen LogP contribution in [0.1, 0.15) is 45.4 Å². The van der Waals surface area contributed by atoms with Crippen molar-refractivity contribution in [2.24, 2.45) is 17.3 Å². The Bertz CT molecular complexity index is 1270. The average molecular weight is 509 g/mol. The van der Waals surface area contributed by atoms with Gasteiger partial charge in [-0.05, 0) is 81.5 Å². The van der Waals surface area contributed by atoms with Gasteiger partial charge in [-0.1, -0.05) is 34.1 Å². The lowest BCUT2D eigenvalue weighted by atomic mass is 9.49. The Morgan fingerprint density at radius 2 is 1.79 bits per heavy atom. The molecule has 1 aromatic heterocycles. The molecule has 2 aromatic carbocycles. The minimum Gasteiger partial charge on any atom is -0.455 e. The number of ether oxygens (including phenoxy) is 1. The van der Waals surface area contributed by atoms with Crippen LogP contribution in [0.4, 0.5) is 5.69 Å². The maximum absolute atomic E-state index is 13.1. The van der Waals surface area contributed by atoms with Gasteiger partial charge in [-0.2, -0.15) is 0 Å². The van der Waals surface area contributed by atoms with Gasteiger partial charge < -0.3 is 14.6 Å². The van der Waals surface area contributed by atoms with Gasteiger partial charge in [0, 0.05) is 38.4 Å². The number of carbonyl (C=O) groups excluding carboxylic acids is 2. The van der Waals surface area contributed by atoms with Crippen LogP contribution in [0.2, 0.25) is 0 Å². The molecule has 1 amide bonds. The lowest BCUT2D eigenvalue weighted by molar-refractivity contribution is -0.170. The molecule has 0 radical (unpaired) electrons.